The monoisotopic (exact) mass is 473 g/mol. The number of nitrogens with zero attached hydrogens (tertiary/aromatic N) is 2. The molecule has 1 N–H and O–H groups in total. The van der Waals surface area contributed by atoms with E-state index in [1.54, 1.807) is 12.1 Å². The Morgan fingerprint density at radius 1 is 1.06 bits per heavy atom. The van der Waals surface area contributed by atoms with Crippen molar-refractivity contribution in [3.8, 4) is 17.9 Å². The normalized spacial score (nSPS) is 13.4. The molecule has 0 spiro atoms. The molecular weight excluding hydrogens is 460 g/mol. The van der Waals surface area contributed by atoms with Gasteiger partial charge < -0.3 is 10.1 Å². The SMILES string of the molecule is C[C@@H](NC(=O)c1ccc(SC(F)(F)F)cc1)C(C#N)Oc1cc(C#N)ccc1C(F)(F)F. The number of thioether (sulfide) groups is 1. The van der Waals surface area contributed by atoms with Crippen LogP contribution in [0.15, 0.2) is 47.4 Å². The van der Waals surface area contributed by atoms with Crippen molar-refractivity contribution in [3.63, 3.8) is 0 Å². The summed E-state index contributed by atoms with van der Waals surface area (Å²) in [6, 6.07) is 9.06. The highest BCUT2D eigenvalue weighted by Crippen LogP contribution is 2.38. The van der Waals surface area contributed by atoms with Gasteiger partial charge in [0.15, 0.2) is 0 Å². The molecule has 1 amide bonds. The zero-order valence-corrected chi connectivity index (χ0v) is 16.9. The average molecular weight is 473 g/mol. The predicted octanol–water partition coefficient (Wildman–Crippen LogP) is 5.28. The number of hydrogen-bond acceptors (Lipinski definition) is 5. The maximum Gasteiger partial charge on any atom is 0.446 e. The number of benzene rings is 2. The first kappa shape index (κ1) is 24.9. The molecule has 0 aliphatic carbocycles. The molecule has 0 aromatic heterocycles. The maximum atomic E-state index is 13.2. The van der Waals surface area contributed by atoms with Crippen LogP contribution in [0.4, 0.5) is 26.3 Å². The van der Waals surface area contributed by atoms with E-state index in [1.165, 1.54) is 6.92 Å². The van der Waals surface area contributed by atoms with Crippen LogP contribution in [0.3, 0.4) is 0 Å². The van der Waals surface area contributed by atoms with Gasteiger partial charge in [-0.1, -0.05) is 0 Å². The third-order valence-electron chi connectivity index (χ3n) is 3.96. The van der Waals surface area contributed by atoms with E-state index >= 15 is 0 Å². The van der Waals surface area contributed by atoms with Gasteiger partial charge in [-0.2, -0.15) is 36.9 Å². The smallest absolute Gasteiger partial charge is 0.446 e. The largest absolute Gasteiger partial charge is 0.473 e. The van der Waals surface area contributed by atoms with Crippen molar-refractivity contribution >= 4 is 17.7 Å². The van der Waals surface area contributed by atoms with E-state index < -0.39 is 41.1 Å². The average Bonchev–Trinajstić information content (AvgIpc) is 2.70. The summed E-state index contributed by atoms with van der Waals surface area (Å²) >= 11 is -0.359. The number of nitrogens with one attached hydrogen (secondary N) is 1. The Bertz CT molecular complexity index is 1060. The van der Waals surface area contributed by atoms with Gasteiger partial charge in [-0.25, -0.2) is 0 Å². The van der Waals surface area contributed by atoms with Gasteiger partial charge in [0.2, 0.25) is 6.10 Å². The van der Waals surface area contributed by atoms with Crippen LogP contribution in [-0.2, 0) is 6.18 Å². The molecule has 32 heavy (non-hydrogen) atoms. The Kier molecular flexibility index (Phi) is 7.65. The van der Waals surface area contributed by atoms with E-state index in [4.69, 9.17) is 10.00 Å². The van der Waals surface area contributed by atoms with Gasteiger partial charge in [-0.05, 0) is 61.2 Å². The minimum absolute atomic E-state index is 0.0254. The molecule has 2 rings (SSSR count). The maximum absolute atomic E-state index is 13.2. The molecule has 0 aliphatic rings. The van der Waals surface area contributed by atoms with Gasteiger partial charge in [-0.3, -0.25) is 4.79 Å². The molecule has 0 saturated heterocycles. The fourth-order valence-corrected chi connectivity index (χ4v) is 3.01. The van der Waals surface area contributed by atoms with Crippen molar-refractivity contribution in [2.75, 3.05) is 0 Å². The van der Waals surface area contributed by atoms with Crippen molar-refractivity contribution in [1.29, 1.82) is 10.5 Å². The molecule has 0 heterocycles. The molecule has 0 aliphatic heterocycles. The van der Waals surface area contributed by atoms with Crippen molar-refractivity contribution in [2.45, 2.75) is 35.6 Å². The van der Waals surface area contributed by atoms with Crippen molar-refractivity contribution in [3.05, 3.63) is 59.2 Å². The first-order valence-corrected chi connectivity index (χ1v) is 9.50. The number of nitriles is 2. The number of amides is 1. The molecule has 2 atom stereocenters. The lowest BCUT2D eigenvalue weighted by Crippen LogP contribution is -2.43. The third-order valence-corrected chi connectivity index (χ3v) is 4.70. The molecular formula is C20H13F6N3O2S. The Labute approximate surface area is 182 Å². The molecule has 0 fully saturated rings. The summed E-state index contributed by atoms with van der Waals surface area (Å²) in [6.45, 7) is 1.31. The zero-order chi connectivity index (χ0) is 24.1. The standard InChI is InChI=1S/C20H13F6N3O2S/c1-11(29-18(30)13-3-5-14(6-4-13)32-20(24,25)26)17(10-28)31-16-8-12(9-27)2-7-15(16)19(21,22)23/h2-8,11,17H,1H3,(H,29,30)/t11-,17?/m1/s1. The van der Waals surface area contributed by atoms with Crippen LogP contribution >= 0.6 is 11.8 Å². The molecule has 12 heteroatoms. The van der Waals surface area contributed by atoms with Crippen LogP contribution in [0.25, 0.3) is 0 Å². The van der Waals surface area contributed by atoms with E-state index in [9.17, 15) is 36.4 Å². The number of hydrogen-bond donors (Lipinski definition) is 1. The number of rotatable bonds is 6. The summed E-state index contributed by atoms with van der Waals surface area (Å²) in [5, 5.41) is 20.6. The second-order valence-corrected chi connectivity index (χ2v) is 7.46. The summed E-state index contributed by atoms with van der Waals surface area (Å²) in [4.78, 5) is 12.2. The van der Waals surface area contributed by atoms with Gasteiger partial charge in [0, 0.05) is 10.5 Å². The van der Waals surface area contributed by atoms with Crippen LogP contribution in [-0.4, -0.2) is 23.6 Å². The Morgan fingerprint density at radius 3 is 2.19 bits per heavy atom. The summed E-state index contributed by atoms with van der Waals surface area (Å²) < 4.78 is 82.0. The van der Waals surface area contributed by atoms with E-state index in [1.807, 2.05) is 0 Å². The lowest BCUT2D eigenvalue weighted by Gasteiger charge is -2.22. The highest BCUT2D eigenvalue weighted by Gasteiger charge is 2.36. The summed E-state index contributed by atoms with van der Waals surface area (Å²) in [7, 11) is 0. The fraction of sp³-hybridized carbons (Fsp3) is 0.250. The van der Waals surface area contributed by atoms with Crippen LogP contribution in [0, 0.1) is 22.7 Å². The molecule has 168 valence electrons. The van der Waals surface area contributed by atoms with Crippen molar-refractivity contribution in [1.82, 2.24) is 5.32 Å². The summed E-state index contributed by atoms with van der Waals surface area (Å²) in [5.74, 6) is -1.52. The first-order valence-electron chi connectivity index (χ1n) is 8.68. The van der Waals surface area contributed by atoms with E-state index in [-0.39, 0.29) is 27.8 Å². The zero-order valence-electron chi connectivity index (χ0n) is 16.1. The van der Waals surface area contributed by atoms with Crippen LogP contribution < -0.4 is 10.1 Å². The minimum Gasteiger partial charge on any atom is -0.473 e. The van der Waals surface area contributed by atoms with E-state index in [2.05, 4.69) is 5.32 Å². The van der Waals surface area contributed by atoms with E-state index in [0.29, 0.717) is 6.07 Å². The Balaban J connectivity index is 2.15. The number of carbonyl (C=O) groups excluding carboxylic acids is 1. The molecule has 1 unspecified atom stereocenters. The molecule has 0 radical (unpaired) electrons. The number of carbonyl (C=O) groups is 1. The second kappa shape index (κ2) is 9.83. The molecule has 0 saturated carbocycles. The molecule has 2 aromatic carbocycles. The number of ether oxygens (including phenoxy) is 1. The van der Waals surface area contributed by atoms with Crippen molar-refractivity contribution in [2.24, 2.45) is 0 Å². The highest BCUT2D eigenvalue weighted by molar-refractivity contribution is 8.00. The topological polar surface area (TPSA) is 85.9 Å². The van der Waals surface area contributed by atoms with Crippen LogP contribution in [0.1, 0.15) is 28.4 Å². The van der Waals surface area contributed by atoms with Gasteiger partial charge in [0.1, 0.15) is 11.8 Å². The predicted molar refractivity (Wildman–Crippen MR) is 101 cm³/mol. The first-order chi connectivity index (χ1) is 14.8. The summed E-state index contributed by atoms with van der Waals surface area (Å²) in [5.41, 5.74) is -5.85. The quantitative estimate of drug-likeness (QED) is 0.456. The number of halogens is 6. The Hall–Kier alpha value is -3.38. The van der Waals surface area contributed by atoms with Crippen molar-refractivity contribution < 1.29 is 35.9 Å². The molecule has 2 aromatic rings. The lowest BCUT2D eigenvalue weighted by atomic mass is 10.1. The molecule has 5 nitrogen and oxygen atoms in total. The summed E-state index contributed by atoms with van der Waals surface area (Å²) in [6.07, 6.45) is -6.37. The lowest BCUT2D eigenvalue weighted by molar-refractivity contribution is -0.139. The Morgan fingerprint density at radius 2 is 1.69 bits per heavy atom. The van der Waals surface area contributed by atoms with Gasteiger partial charge in [0.25, 0.3) is 5.91 Å². The van der Waals surface area contributed by atoms with Gasteiger partial charge in [0.05, 0.1) is 23.2 Å². The second-order valence-electron chi connectivity index (χ2n) is 6.32. The minimum atomic E-state index is -4.81. The molecule has 0 bridgehead atoms. The van der Waals surface area contributed by atoms with Crippen LogP contribution in [0.2, 0.25) is 0 Å². The third kappa shape index (κ3) is 6.82. The van der Waals surface area contributed by atoms with Gasteiger partial charge >= 0.3 is 11.7 Å². The number of alkyl halides is 6. The fourth-order valence-electron chi connectivity index (χ4n) is 2.47. The van der Waals surface area contributed by atoms with Crippen LogP contribution in [0.5, 0.6) is 5.75 Å². The highest BCUT2D eigenvalue weighted by atomic mass is 32.2. The van der Waals surface area contributed by atoms with Gasteiger partial charge in [-0.15, -0.1) is 0 Å². The van der Waals surface area contributed by atoms with E-state index in [0.717, 1.165) is 36.4 Å².